The molecule has 6 heteroatoms. The van der Waals surface area contributed by atoms with Gasteiger partial charge in [-0.2, -0.15) is 5.10 Å². The lowest BCUT2D eigenvalue weighted by atomic mass is 10.4. The maximum absolute atomic E-state index is 10.8. The molecule has 0 fully saturated rings. The zero-order valence-electron chi connectivity index (χ0n) is 9.41. The normalized spacial score (nSPS) is 10.5. The lowest BCUT2D eigenvalue weighted by Crippen LogP contribution is -2.00. The summed E-state index contributed by atoms with van der Waals surface area (Å²) in [7, 11) is 1.84. The van der Waals surface area contributed by atoms with E-state index in [4.69, 9.17) is 5.11 Å². The summed E-state index contributed by atoms with van der Waals surface area (Å²) in [5, 5.41) is 14.6. The van der Waals surface area contributed by atoms with Crippen LogP contribution in [0.15, 0.2) is 34.3 Å². The van der Waals surface area contributed by atoms with Gasteiger partial charge in [-0.15, -0.1) is 0 Å². The second-order valence-electron chi connectivity index (χ2n) is 3.52. The van der Waals surface area contributed by atoms with E-state index >= 15 is 0 Å². The molecule has 0 atom stereocenters. The number of hydrogen-bond acceptors (Lipinski definition) is 4. The maximum Gasteiger partial charge on any atom is 0.354 e. The molecule has 0 aliphatic rings. The highest BCUT2D eigenvalue weighted by Crippen LogP contribution is 2.26. The number of carbonyl (C=O) groups is 1. The number of aryl methyl sites for hydroxylation is 2. The van der Waals surface area contributed by atoms with Crippen molar-refractivity contribution in [2.24, 2.45) is 7.05 Å². The van der Waals surface area contributed by atoms with Crippen molar-refractivity contribution >= 4 is 17.7 Å². The third kappa shape index (κ3) is 2.65. The summed E-state index contributed by atoms with van der Waals surface area (Å²) in [6.07, 6.45) is 0. The second-order valence-corrected chi connectivity index (χ2v) is 4.56. The first-order valence-corrected chi connectivity index (χ1v) is 5.77. The Bertz CT molecular complexity index is 566. The minimum absolute atomic E-state index is 0.0499. The topological polar surface area (TPSA) is 68.0 Å². The lowest BCUT2D eigenvalue weighted by molar-refractivity contribution is 0.0689. The van der Waals surface area contributed by atoms with Gasteiger partial charge in [0.15, 0.2) is 0 Å². The Hall–Kier alpha value is -1.82. The molecule has 88 valence electrons. The van der Waals surface area contributed by atoms with Gasteiger partial charge in [0, 0.05) is 7.05 Å². The third-order valence-electron chi connectivity index (χ3n) is 2.11. The summed E-state index contributed by atoms with van der Waals surface area (Å²) in [5.41, 5.74) is 0.971. The molecule has 2 rings (SSSR count). The molecule has 0 saturated heterocycles. The Kier molecular flexibility index (Phi) is 3.14. The minimum atomic E-state index is -1.02. The van der Waals surface area contributed by atoms with Crippen molar-refractivity contribution in [3.8, 4) is 0 Å². The average Bonchev–Trinajstić information content (AvgIpc) is 2.58. The van der Waals surface area contributed by atoms with Crippen molar-refractivity contribution in [2.75, 3.05) is 0 Å². The average molecular weight is 249 g/mol. The molecule has 0 amide bonds. The standard InChI is InChI=1S/C11H11N3O2S/c1-7-6-10(14(2)13-7)17-9-5-3-4-8(12-9)11(15)16/h3-6H,1-2H3,(H,15,16). The largest absolute Gasteiger partial charge is 0.477 e. The SMILES string of the molecule is Cc1cc(Sc2cccc(C(=O)O)n2)n(C)n1. The van der Waals surface area contributed by atoms with Gasteiger partial charge in [-0.25, -0.2) is 9.78 Å². The fourth-order valence-electron chi connectivity index (χ4n) is 1.38. The molecule has 0 saturated carbocycles. The minimum Gasteiger partial charge on any atom is -0.477 e. The Morgan fingerprint density at radius 1 is 1.47 bits per heavy atom. The van der Waals surface area contributed by atoms with Crippen LogP contribution in [0.2, 0.25) is 0 Å². The molecule has 0 unspecified atom stereocenters. The van der Waals surface area contributed by atoms with Gasteiger partial charge in [-0.05, 0) is 25.1 Å². The summed E-state index contributed by atoms with van der Waals surface area (Å²) in [6.45, 7) is 1.91. The summed E-state index contributed by atoms with van der Waals surface area (Å²) >= 11 is 1.39. The lowest BCUT2D eigenvalue weighted by Gasteiger charge is -2.01. The van der Waals surface area contributed by atoms with Crippen LogP contribution in [-0.2, 0) is 7.05 Å². The van der Waals surface area contributed by atoms with Crippen LogP contribution in [0.5, 0.6) is 0 Å². The van der Waals surface area contributed by atoms with Crippen LogP contribution < -0.4 is 0 Å². The van der Waals surface area contributed by atoms with Crippen LogP contribution in [0, 0.1) is 6.92 Å². The molecule has 1 N–H and O–H groups in total. The molecule has 2 aromatic heterocycles. The van der Waals surface area contributed by atoms with Gasteiger partial charge in [0.2, 0.25) is 0 Å². The van der Waals surface area contributed by atoms with Crippen LogP contribution in [0.1, 0.15) is 16.2 Å². The van der Waals surface area contributed by atoms with Crippen LogP contribution in [0.25, 0.3) is 0 Å². The first-order chi connectivity index (χ1) is 8.06. The zero-order valence-corrected chi connectivity index (χ0v) is 10.2. The van der Waals surface area contributed by atoms with E-state index in [0.29, 0.717) is 5.03 Å². The van der Waals surface area contributed by atoms with E-state index in [1.807, 2.05) is 20.0 Å². The van der Waals surface area contributed by atoms with E-state index in [0.717, 1.165) is 10.7 Å². The first-order valence-electron chi connectivity index (χ1n) is 4.95. The van der Waals surface area contributed by atoms with E-state index in [2.05, 4.69) is 10.1 Å². The van der Waals surface area contributed by atoms with Crippen molar-refractivity contribution < 1.29 is 9.90 Å². The molecule has 2 heterocycles. The third-order valence-corrected chi connectivity index (χ3v) is 3.14. The maximum atomic E-state index is 10.8. The van der Waals surface area contributed by atoms with Crippen LogP contribution in [-0.4, -0.2) is 25.8 Å². The summed E-state index contributed by atoms with van der Waals surface area (Å²) in [4.78, 5) is 14.8. The van der Waals surface area contributed by atoms with Crippen LogP contribution in [0.3, 0.4) is 0 Å². The molecule has 0 radical (unpaired) electrons. The van der Waals surface area contributed by atoms with E-state index in [1.54, 1.807) is 16.8 Å². The number of pyridine rings is 1. The van der Waals surface area contributed by atoms with E-state index in [9.17, 15) is 4.79 Å². The van der Waals surface area contributed by atoms with Gasteiger partial charge < -0.3 is 5.11 Å². The number of carboxylic acid groups (broad SMARTS) is 1. The number of rotatable bonds is 3. The highest BCUT2D eigenvalue weighted by molar-refractivity contribution is 7.99. The summed E-state index contributed by atoms with van der Waals surface area (Å²) < 4.78 is 1.75. The molecule has 5 nitrogen and oxygen atoms in total. The predicted octanol–water partition coefficient (Wildman–Crippen LogP) is 1.97. The first kappa shape index (κ1) is 11.7. The zero-order chi connectivity index (χ0) is 12.4. The number of aromatic nitrogens is 3. The highest BCUT2D eigenvalue weighted by atomic mass is 32.2. The van der Waals surface area contributed by atoms with Crippen molar-refractivity contribution in [3.05, 3.63) is 35.7 Å². The fraction of sp³-hybridized carbons (Fsp3) is 0.182. The Balaban J connectivity index is 2.27. The van der Waals surface area contributed by atoms with Crippen LogP contribution >= 0.6 is 11.8 Å². The molecule has 0 bridgehead atoms. The molecule has 17 heavy (non-hydrogen) atoms. The van der Waals surface area contributed by atoms with Crippen molar-refractivity contribution in [1.82, 2.24) is 14.8 Å². The second kappa shape index (κ2) is 4.58. The number of aromatic carboxylic acids is 1. The predicted molar refractivity (Wildman–Crippen MR) is 63.3 cm³/mol. The van der Waals surface area contributed by atoms with E-state index in [-0.39, 0.29) is 5.69 Å². The molecule has 2 aromatic rings. The fourth-order valence-corrected chi connectivity index (χ4v) is 2.29. The Morgan fingerprint density at radius 2 is 2.24 bits per heavy atom. The van der Waals surface area contributed by atoms with Crippen molar-refractivity contribution in [1.29, 1.82) is 0 Å². The van der Waals surface area contributed by atoms with Crippen molar-refractivity contribution in [3.63, 3.8) is 0 Å². The van der Waals surface area contributed by atoms with Gasteiger partial charge in [-0.3, -0.25) is 4.68 Å². The summed E-state index contributed by atoms with van der Waals surface area (Å²) in [5.74, 6) is -1.02. The number of carboxylic acids is 1. The van der Waals surface area contributed by atoms with Gasteiger partial charge in [0.05, 0.1) is 5.69 Å². The molecular weight excluding hydrogens is 238 g/mol. The highest BCUT2D eigenvalue weighted by Gasteiger charge is 2.08. The summed E-state index contributed by atoms with van der Waals surface area (Å²) in [6, 6.07) is 6.86. The Morgan fingerprint density at radius 3 is 2.82 bits per heavy atom. The Labute approximate surface area is 102 Å². The van der Waals surface area contributed by atoms with E-state index < -0.39 is 5.97 Å². The van der Waals surface area contributed by atoms with Gasteiger partial charge in [-0.1, -0.05) is 17.8 Å². The molecule has 0 aliphatic carbocycles. The van der Waals surface area contributed by atoms with Gasteiger partial charge in [0.1, 0.15) is 15.7 Å². The molecule has 0 aromatic carbocycles. The monoisotopic (exact) mass is 249 g/mol. The van der Waals surface area contributed by atoms with E-state index in [1.165, 1.54) is 17.8 Å². The number of hydrogen-bond donors (Lipinski definition) is 1. The molecular formula is C11H11N3O2S. The molecule has 0 aliphatic heterocycles. The quantitative estimate of drug-likeness (QED) is 0.900. The molecule has 0 spiro atoms. The van der Waals surface area contributed by atoms with Crippen LogP contribution in [0.4, 0.5) is 0 Å². The van der Waals surface area contributed by atoms with Gasteiger partial charge >= 0.3 is 5.97 Å². The smallest absolute Gasteiger partial charge is 0.354 e. The van der Waals surface area contributed by atoms with Crippen molar-refractivity contribution in [2.45, 2.75) is 17.0 Å². The van der Waals surface area contributed by atoms with Gasteiger partial charge in [0.25, 0.3) is 0 Å². The number of nitrogens with zero attached hydrogens (tertiary/aromatic N) is 3.